The Labute approximate surface area is 192 Å². The normalized spacial score (nSPS) is 11.3. The summed E-state index contributed by atoms with van der Waals surface area (Å²) in [5, 5.41) is 4.25. The highest BCUT2D eigenvalue weighted by Gasteiger charge is 2.44. The lowest BCUT2D eigenvalue weighted by molar-refractivity contribution is 0.315. The molecule has 0 bridgehead atoms. The molecule has 0 amide bonds. The SMILES string of the molecule is NCCc1ccccc1OCCC[P+](c1ccccc1)(c1ccccc1)c1ccccc1. The van der Waals surface area contributed by atoms with Gasteiger partial charge in [0.15, 0.2) is 0 Å². The minimum atomic E-state index is -1.80. The topological polar surface area (TPSA) is 35.2 Å². The maximum absolute atomic E-state index is 6.25. The standard InChI is InChI=1S/C29H31NOP/c30-22-21-25-13-10-11-20-29(25)31-23-12-24-32(26-14-4-1-5-15-26,27-16-6-2-7-17-27)28-18-8-3-9-19-28/h1-11,13-20H,12,21-24,30H2/q+1. The molecular weight excluding hydrogens is 409 g/mol. The molecule has 0 radical (unpaired) electrons. The molecule has 0 aliphatic heterocycles. The van der Waals surface area contributed by atoms with Crippen LogP contribution in [0.3, 0.4) is 0 Å². The van der Waals surface area contributed by atoms with Gasteiger partial charge in [-0.05, 0) is 61.0 Å². The van der Waals surface area contributed by atoms with Crippen LogP contribution in [0.4, 0.5) is 0 Å². The summed E-state index contributed by atoms with van der Waals surface area (Å²) in [5.41, 5.74) is 6.97. The van der Waals surface area contributed by atoms with E-state index >= 15 is 0 Å². The zero-order valence-corrected chi connectivity index (χ0v) is 19.3. The molecular formula is C29H31NOP+. The first-order chi connectivity index (χ1) is 15.8. The van der Waals surface area contributed by atoms with Crippen molar-refractivity contribution in [3.63, 3.8) is 0 Å². The molecule has 0 aliphatic carbocycles. The molecule has 0 atom stereocenters. The van der Waals surface area contributed by atoms with Gasteiger partial charge in [-0.1, -0.05) is 72.8 Å². The molecule has 0 aromatic heterocycles. The Kier molecular flexibility index (Phi) is 7.72. The third-order valence-electron chi connectivity index (χ3n) is 5.87. The van der Waals surface area contributed by atoms with Gasteiger partial charge < -0.3 is 10.5 Å². The lowest BCUT2D eigenvalue weighted by atomic mass is 10.1. The number of para-hydroxylation sites is 1. The Morgan fingerprint density at radius 1 is 0.594 bits per heavy atom. The van der Waals surface area contributed by atoms with Gasteiger partial charge in [-0.15, -0.1) is 0 Å². The third kappa shape index (κ3) is 4.93. The van der Waals surface area contributed by atoms with Crippen LogP contribution in [0, 0.1) is 0 Å². The highest BCUT2D eigenvalue weighted by Crippen LogP contribution is 2.55. The fraction of sp³-hybridized carbons (Fsp3) is 0.172. The Hall–Kier alpha value is -2.93. The quantitative estimate of drug-likeness (QED) is 0.280. The summed E-state index contributed by atoms with van der Waals surface area (Å²) in [6, 6.07) is 41.3. The monoisotopic (exact) mass is 440 g/mol. The molecule has 0 aliphatic rings. The fourth-order valence-electron chi connectivity index (χ4n) is 4.37. The van der Waals surface area contributed by atoms with Gasteiger partial charge in [0.25, 0.3) is 0 Å². The van der Waals surface area contributed by atoms with E-state index in [1.165, 1.54) is 21.5 Å². The van der Waals surface area contributed by atoms with E-state index in [0.717, 1.165) is 24.8 Å². The van der Waals surface area contributed by atoms with Crippen LogP contribution in [-0.4, -0.2) is 19.3 Å². The molecule has 4 aromatic carbocycles. The van der Waals surface area contributed by atoms with Crippen LogP contribution in [0.25, 0.3) is 0 Å². The molecule has 4 aromatic rings. The van der Waals surface area contributed by atoms with Crippen molar-refractivity contribution >= 4 is 23.2 Å². The van der Waals surface area contributed by atoms with Crippen LogP contribution in [0.15, 0.2) is 115 Å². The molecule has 32 heavy (non-hydrogen) atoms. The summed E-state index contributed by atoms with van der Waals surface area (Å²) < 4.78 is 6.25. The first-order valence-electron chi connectivity index (χ1n) is 11.3. The summed E-state index contributed by atoms with van der Waals surface area (Å²) in [5.74, 6) is 0.959. The molecule has 4 rings (SSSR count). The number of ether oxygens (including phenoxy) is 1. The average molecular weight is 441 g/mol. The molecule has 0 spiro atoms. The van der Waals surface area contributed by atoms with E-state index in [0.29, 0.717) is 13.2 Å². The second kappa shape index (κ2) is 11.1. The Morgan fingerprint density at radius 3 is 1.56 bits per heavy atom. The van der Waals surface area contributed by atoms with Gasteiger partial charge in [-0.3, -0.25) is 0 Å². The number of benzene rings is 4. The fourth-order valence-corrected chi connectivity index (χ4v) is 8.69. The van der Waals surface area contributed by atoms with Crippen molar-refractivity contribution in [2.24, 2.45) is 5.73 Å². The van der Waals surface area contributed by atoms with Crippen molar-refractivity contribution in [1.29, 1.82) is 0 Å². The van der Waals surface area contributed by atoms with E-state index < -0.39 is 7.26 Å². The van der Waals surface area contributed by atoms with Crippen molar-refractivity contribution in [2.75, 3.05) is 19.3 Å². The van der Waals surface area contributed by atoms with Gasteiger partial charge in [-0.2, -0.15) is 0 Å². The van der Waals surface area contributed by atoms with Crippen molar-refractivity contribution in [1.82, 2.24) is 0 Å². The van der Waals surface area contributed by atoms with Crippen LogP contribution in [0.2, 0.25) is 0 Å². The smallest absolute Gasteiger partial charge is 0.122 e. The lowest BCUT2D eigenvalue weighted by Crippen LogP contribution is -2.33. The highest BCUT2D eigenvalue weighted by molar-refractivity contribution is 7.95. The second-order valence-electron chi connectivity index (χ2n) is 7.89. The molecule has 2 nitrogen and oxygen atoms in total. The van der Waals surface area contributed by atoms with Crippen LogP contribution in [0.1, 0.15) is 12.0 Å². The van der Waals surface area contributed by atoms with Crippen LogP contribution < -0.4 is 26.4 Å². The Balaban J connectivity index is 1.65. The molecule has 162 valence electrons. The third-order valence-corrected chi connectivity index (χ3v) is 10.4. The van der Waals surface area contributed by atoms with Gasteiger partial charge in [-0.25, -0.2) is 0 Å². The number of hydrogen-bond acceptors (Lipinski definition) is 2. The maximum atomic E-state index is 6.25. The molecule has 2 N–H and O–H groups in total. The van der Waals surface area contributed by atoms with Crippen molar-refractivity contribution in [2.45, 2.75) is 12.8 Å². The molecule has 0 saturated carbocycles. The minimum absolute atomic E-state index is 0.630. The Morgan fingerprint density at radius 2 is 1.06 bits per heavy atom. The van der Waals surface area contributed by atoms with Crippen molar-refractivity contribution < 1.29 is 4.74 Å². The van der Waals surface area contributed by atoms with E-state index in [1.807, 2.05) is 6.07 Å². The lowest BCUT2D eigenvalue weighted by Gasteiger charge is -2.27. The minimum Gasteiger partial charge on any atom is -0.493 e. The second-order valence-corrected chi connectivity index (χ2v) is 11.5. The van der Waals surface area contributed by atoms with E-state index in [4.69, 9.17) is 10.5 Å². The van der Waals surface area contributed by atoms with Crippen molar-refractivity contribution in [3.8, 4) is 5.75 Å². The highest BCUT2D eigenvalue weighted by atomic mass is 31.2. The first-order valence-corrected chi connectivity index (χ1v) is 13.3. The number of rotatable bonds is 10. The summed E-state index contributed by atoms with van der Waals surface area (Å²) >= 11 is 0. The predicted molar refractivity (Wildman–Crippen MR) is 139 cm³/mol. The van der Waals surface area contributed by atoms with Crippen LogP contribution >= 0.6 is 7.26 Å². The molecule has 0 heterocycles. The van der Waals surface area contributed by atoms with Gasteiger partial charge in [0.2, 0.25) is 0 Å². The zero-order valence-electron chi connectivity index (χ0n) is 18.4. The maximum Gasteiger partial charge on any atom is 0.122 e. The van der Waals surface area contributed by atoms with Gasteiger partial charge in [0.05, 0.1) is 12.8 Å². The first kappa shape index (κ1) is 22.3. The van der Waals surface area contributed by atoms with Gasteiger partial charge in [0, 0.05) is 6.42 Å². The molecule has 0 fully saturated rings. The largest absolute Gasteiger partial charge is 0.493 e. The van der Waals surface area contributed by atoms with Crippen LogP contribution in [-0.2, 0) is 6.42 Å². The van der Waals surface area contributed by atoms with Crippen molar-refractivity contribution in [3.05, 3.63) is 121 Å². The predicted octanol–water partition coefficient (Wildman–Crippen LogP) is 4.95. The summed E-state index contributed by atoms with van der Waals surface area (Å²) in [4.78, 5) is 0. The van der Waals surface area contributed by atoms with E-state index in [9.17, 15) is 0 Å². The molecule has 3 heteroatoms. The number of nitrogens with two attached hydrogens (primary N) is 1. The zero-order chi connectivity index (χ0) is 22.1. The molecule has 0 saturated heterocycles. The Bertz CT molecular complexity index is 987. The van der Waals surface area contributed by atoms with Gasteiger partial charge in [0.1, 0.15) is 28.9 Å². The summed E-state index contributed by atoms with van der Waals surface area (Å²) in [7, 11) is -1.80. The van der Waals surface area contributed by atoms with Crippen LogP contribution in [0.5, 0.6) is 5.75 Å². The van der Waals surface area contributed by atoms with E-state index in [-0.39, 0.29) is 0 Å². The van der Waals surface area contributed by atoms with E-state index in [2.05, 4.69) is 109 Å². The van der Waals surface area contributed by atoms with E-state index in [1.54, 1.807) is 0 Å². The molecule has 0 unspecified atom stereocenters. The average Bonchev–Trinajstić information content (AvgIpc) is 2.87. The summed E-state index contributed by atoms with van der Waals surface area (Å²) in [6.07, 6.45) is 2.87. The summed E-state index contributed by atoms with van der Waals surface area (Å²) in [6.45, 7) is 1.32. The number of hydrogen-bond donors (Lipinski definition) is 1. The van der Waals surface area contributed by atoms with Gasteiger partial charge >= 0.3 is 0 Å².